The zero-order valence-corrected chi connectivity index (χ0v) is 14.2. The maximum absolute atomic E-state index is 12.4. The summed E-state index contributed by atoms with van der Waals surface area (Å²) in [5.41, 5.74) is 6.22. The van der Waals surface area contributed by atoms with Crippen molar-refractivity contribution in [3.05, 3.63) is 23.5 Å². The van der Waals surface area contributed by atoms with Crippen LogP contribution in [0.4, 0.5) is 0 Å². The first-order valence-corrected chi connectivity index (χ1v) is 9.57. The molecule has 0 spiro atoms. The van der Waals surface area contributed by atoms with Gasteiger partial charge in [-0.1, -0.05) is 11.6 Å². The van der Waals surface area contributed by atoms with Gasteiger partial charge in [-0.3, -0.25) is 4.79 Å². The Kier molecular flexibility index (Phi) is 3.59. The van der Waals surface area contributed by atoms with E-state index in [2.05, 4.69) is 9.71 Å². The third-order valence-electron chi connectivity index (χ3n) is 5.12. The average Bonchev–Trinajstić information content (AvgIpc) is 3.09. The van der Waals surface area contributed by atoms with Gasteiger partial charge in [0.05, 0.1) is 5.39 Å². The number of halogens is 1. The second kappa shape index (κ2) is 5.44. The van der Waals surface area contributed by atoms with E-state index in [1.807, 2.05) is 0 Å². The maximum Gasteiger partial charge on any atom is 0.297 e. The SMILES string of the molecule is NC1CC2CC(C(=O)NS(=O)(=O)c3cc4c(Cl)nccc4o3)CC12. The molecule has 2 aliphatic carbocycles. The van der Waals surface area contributed by atoms with E-state index in [0.717, 1.165) is 6.42 Å². The molecular weight excluding hydrogens is 354 g/mol. The Bertz CT molecular complexity index is 926. The number of sulfonamides is 1. The van der Waals surface area contributed by atoms with Crippen molar-refractivity contribution in [2.24, 2.45) is 23.5 Å². The fraction of sp³-hybridized carbons (Fsp3) is 0.467. The van der Waals surface area contributed by atoms with Crippen LogP contribution >= 0.6 is 11.6 Å². The van der Waals surface area contributed by atoms with Crippen LogP contribution in [-0.4, -0.2) is 25.4 Å². The average molecular weight is 370 g/mol. The van der Waals surface area contributed by atoms with E-state index in [4.69, 9.17) is 21.8 Å². The molecule has 24 heavy (non-hydrogen) atoms. The molecular formula is C15H16ClN3O4S. The molecule has 0 saturated heterocycles. The van der Waals surface area contributed by atoms with E-state index < -0.39 is 15.9 Å². The van der Waals surface area contributed by atoms with E-state index in [9.17, 15) is 13.2 Å². The van der Waals surface area contributed by atoms with Gasteiger partial charge in [0.1, 0.15) is 10.7 Å². The van der Waals surface area contributed by atoms with Crippen molar-refractivity contribution in [1.82, 2.24) is 9.71 Å². The number of nitrogens with zero attached hydrogens (tertiary/aromatic N) is 1. The lowest BCUT2D eigenvalue weighted by atomic mass is 9.72. The topological polar surface area (TPSA) is 115 Å². The number of amides is 1. The van der Waals surface area contributed by atoms with Gasteiger partial charge in [0.15, 0.2) is 0 Å². The van der Waals surface area contributed by atoms with Crippen LogP contribution in [0.3, 0.4) is 0 Å². The summed E-state index contributed by atoms with van der Waals surface area (Å²) in [5, 5.41) is 0.181. The molecule has 3 N–H and O–H groups in total. The number of furan rings is 1. The summed E-state index contributed by atoms with van der Waals surface area (Å²) in [4.78, 5) is 16.2. The van der Waals surface area contributed by atoms with Crippen molar-refractivity contribution in [2.75, 3.05) is 0 Å². The molecule has 2 aliphatic rings. The molecule has 2 aromatic heterocycles. The van der Waals surface area contributed by atoms with E-state index in [1.165, 1.54) is 18.3 Å². The second-order valence-electron chi connectivity index (χ2n) is 6.54. The number of nitrogens with one attached hydrogen (secondary N) is 1. The van der Waals surface area contributed by atoms with E-state index in [1.54, 1.807) is 0 Å². The predicted octanol–water partition coefficient (Wildman–Crippen LogP) is 1.66. The predicted molar refractivity (Wildman–Crippen MR) is 86.6 cm³/mol. The third kappa shape index (κ3) is 2.49. The highest BCUT2D eigenvalue weighted by atomic mass is 35.5. The smallest absolute Gasteiger partial charge is 0.297 e. The molecule has 0 aromatic carbocycles. The third-order valence-corrected chi connectivity index (χ3v) is 6.62. The number of nitrogens with two attached hydrogens (primary N) is 1. The molecule has 0 radical (unpaired) electrons. The Labute approximate surface area is 143 Å². The minimum Gasteiger partial charge on any atom is -0.443 e. The number of pyridine rings is 1. The lowest BCUT2D eigenvalue weighted by Crippen LogP contribution is -2.44. The number of carbonyl (C=O) groups excluding carboxylic acids is 1. The lowest BCUT2D eigenvalue weighted by molar-refractivity contribution is -0.123. The van der Waals surface area contributed by atoms with Gasteiger partial charge in [-0.25, -0.2) is 9.71 Å². The standard InChI is InChI=1S/C15H16ClN3O4S/c16-14-10-6-13(23-12(10)1-2-18-14)24(21,22)19-15(20)8-3-7-5-11(17)9(7)4-8/h1-2,6-9,11H,3-5,17H2,(H,19,20). The Morgan fingerprint density at radius 3 is 2.83 bits per heavy atom. The molecule has 2 aromatic rings. The van der Waals surface area contributed by atoms with Crippen molar-refractivity contribution in [1.29, 1.82) is 0 Å². The molecule has 4 atom stereocenters. The van der Waals surface area contributed by atoms with E-state index >= 15 is 0 Å². The van der Waals surface area contributed by atoms with Crippen molar-refractivity contribution in [3.63, 3.8) is 0 Å². The molecule has 2 fully saturated rings. The molecule has 4 unspecified atom stereocenters. The Morgan fingerprint density at radius 2 is 2.17 bits per heavy atom. The number of aromatic nitrogens is 1. The number of hydrogen-bond donors (Lipinski definition) is 2. The van der Waals surface area contributed by atoms with Crippen molar-refractivity contribution in [2.45, 2.75) is 30.4 Å². The minimum absolute atomic E-state index is 0.134. The summed E-state index contributed by atoms with van der Waals surface area (Å²) < 4.78 is 32.2. The summed E-state index contributed by atoms with van der Waals surface area (Å²) in [7, 11) is -4.09. The van der Waals surface area contributed by atoms with Crippen LogP contribution < -0.4 is 10.5 Å². The van der Waals surface area contributed by atoms with Gasteiger partial charge in [-0.15, -0.1) is 0 Å². The number of carbonyl (C=O) groups is 1. The molecule has 2 heterocycles. The van der Waals surface area contributed by atoms with Gasteiger partial charge in [0.2, 0.25) is 11.0 Å². The van der Waals surface area contributed by atoms with Crippen molar-refractivity contribution in [3.8, 4) is 0 Å². The molecule has 4 rings (SSSR count). The minimum atomic E-state index is -4.09. The highest BCUT2D eigenvalue weighted by molar-refractivity contribution is 7.89. The first-order valence-electron chi connectivity index (χ1n) is 7.71. The maximum atomic E-state index is 12.4. The van der Waals surface area contributed by atoms with Gasteiger partial charge in [0.25, 0.3) is 10.0 Å². The number of hydrogen-bond acceptors (Lipinski definition) is 6. The second-order valence-corrected chi connectivity index (χ2v) is 8.51. The Balaban J connectivity index is 1.54. The van der Waals surface area contributed by atoms with Crippen LogP contribution in [0.15, 0.2) is 27.8 Å². The largest absolute Gasteiger partial charge is 0.443 e. The van der Waals surface area contributed by atoms with E-state index in [0.29, 0.717) is 35.6 Å². The van der Waals surface area contributed by atoms with Crippen LogP contribution in [0.25, 0.3) is 11.0 Å². The monoisotopic (exact) mass is 369 g/mol. The molecule has 7 nitrogen and oxygen atoms in total. The molecule has 9 heteroatoms. The van der Waals surface area contributed by atoms with Gasteiger partial charge >= 0.3 is 0 Å². The van der Waals surface area contributed by atoms with E-state index in [-0.39, 0.29) is 22.2 Å². The lowest BCUT2D eigenvalue weighted by Gasteiger charge is -2.37. The normalized spacial score (nSPS) is 29.2. The highest BCUT2D eigenvalue weighted by Crippen LogP contribution is 2.48. The summed E-state index contributed by atoms with van der Waals surface area (Å²) >= 11 is 5.92. The number of fused-ring (bicyclic) bond motifs is 2. The van der Waals surface area contributed by atoms with Crippen LogP contribution in [0.2, 0.25) is 5.15 Å². The van der Waals surface area contributed by atoms with Crippen LogP contribution in [0, 0.1) is 17.8 Å². The van der Waals surface area contributed by atoms with Crippen molar-refractivity contribution >= 4 is 38.5 Å². The van der Waals surface area contributed by atoms with Crippen molar-refractivity contribution < 1.29 is 17.6 Å². The van der Waals surface area contributed by atoms with Crippen LogP contribution in [-0.2, 0) is 14.8 Å². The highest BCUT2D eigenvalue weighted by Gasteiger charge is 2.48. The molecule has 0 aliphatic heterocycles. The quantitative estimate of drug-likeness (QED) is 0.795. The van der Waals surface area contributed by atoms with Crippen LogP contribution in [0.5, 0.6) is 0 Å². The molecule has 0 bridgehead atoms. The first-order chi connectivity index (χ1) is 11.3. The van der Waals surface area contributed by atoms with Gasteiger partial charge in [-0.2, -0.15) is 8.42 Å². The fourth-order valence-electron chi connectivity index (χ4n) is 3.80. The molecule has 2 saturated carbocycles. The number of rotatable bonds is 3. The van der Waals surface area contributed by atoms with Gasteiger partial charge in [-0.05, 0) is 37.2 Å². The first kappa shape index (κ1) is 15.9. The van der Waals surface area contributed by atoms with Gasteiger partial charge < -0.3 is 10.2 Å². The molecule has 128 valence electrons. The Hall–Kier alpha value is -1.64. The van der Waals surface area contributed by atoms with Gasteiger partial charge in [0, 0.05) is 24.2 Å². The molecule has 1 amide bonds. The van der Waals surface area contributed by atoms with Crippen LogP contribution in [0.1, 0.15) is 19.3 Å². The summed E-state index contributed by atoms with van der Waals surface area (Å²) in [6.07, 6.45) is 3.66. The fourth-order valence-corrected chi connectivity index (χ4v) is 5.01. The summed E-state index contributed by atoms with van der Waals surface area (Å²) in [5.74, 6) is -0.0479. The summed E-state index contributed by atoms with van der Waals surface area (Å²) in [6, 6.07) is 2.92. The Morgan fingerprint density at radius 1 is 1.38 bits per heavy atom. The summed E-state index contributed by atoms with van der Waals surface area (Å²) in [6.45, 7) is 0. The zero-order valence-electron chi connectivity index (χ0n) is 12.6. The zero-order chi connectivity index (χ0) is 17.1.